The normalized spacial score (nSPS) is 36.0. The molecular formula is C32H37FN2O11. The molecule has 0 aliphatic heterocycles. The Morgan fingerprint density at radius 3 is 2.63 bits per heavy atom. The van der Waals surface area contributed by atoms with Crippen molar-refractivity contribution in [2.45, 2.75) is 69.4 Å². The number of aliphatic hydroxyl groups is 3. The van der Waals surface area contributed by atoms with Crippen LogP contribution >= 0.6 is 0 Å². The zero-order chi connectivity index (χ0) is 33.7. The Bertz CT molecular complexity index is 1530. The maximum atomic E-state index is 17.2. The molecule has 1 aromatic rings. The summed E-state index contributed by atoms with van der Waals surface area (Å²) in [6, 6.07) is 6.14. The zero-order valence-corrected chi connectivity index (χ0v) is 25.4. The highest BCUT2D eigenvalue weighted by Crippen LogP contribution is 2.69. The summed E-state index contributed by atoms with van der Waals surface area (Å²) >= 11 is 0. The highest BCUT2D eigenvalue weighted by atomic mass is 19.1. The lowest BCUT2D eigenvalue weighted by Gasteiger charge is -2.62. The van der Waals surface area contributed by atoms with Crippen molar-refractivity contribution in [1.82, 2.24) is 5.32 Å². The summed E-state index contributed by atoms with van der Waals surface area (Å²) in [6.45, 7) is 1.39. The van der Waals surface area contributed by atoms with Crippen LogP contribution < -0.4 is 5.32 Å². The predicted octanol–water partition coefficient (Wildman–Crippen LogP) is 1.35. The molecule has 0 saturated heterocycles. The van der Waals surface area contributed by atoms with E-state index < -0.39 is 82.0 Å². The number of nitrogens with zero attached hydrogens (tertiary/aromatic N) is 1. The predicted molar refractivity (Wildman–Crippen MR) is 156 cm³/mol. The average molecular weight is 645 g/mol. The number of alkyl halides is 1. The van der Waals surface area contributed by atoms with E-state index in [2.05, 4.69) is 10.2 Å². The number of Topliss-reactive ketones (excluding diaryl/α,β-unsaturated/α-hetero) is 1. The van der Waals surface area contributed by atoms with Crippen LogP contribution in [-0.2, 0) is 30.4 Å². The fraction of sp³-hybridized carbons (Fsp3) is 0.562. The van der Waals surface area contributed by atoms with Crippen molar-refractivity contribution in [1.29, 1.82) is 0 Å². The van der Waals surface area contributed by atoms with E-state index in [0.717, 1.165) is 0 Å². The van der Waals surface area contributed by atoms with E-state index in [1.165, 1.54) is 37.3 Å². The van der Waals surface area contributed by atoms with Crippen molar-refractivity contribution < 1.29 is 53.5 Å². The molecule has 8 atom stereocenters. The van der Waals surface area contributed by atoms with Crippen LogP contribution in [0, 0.1) is 32.8 Å². The summed E-state index contributed by atoms with van der Waals surface area (Å²) in [4.78, 5) is 65.1. The van der Waals surface area contributed by atoms with Gasteiger partial charge in [-0.05, 0) is 74.8 Å². The quantitative estimate of drug-likeness (QED) is 0.163. The molecule has 13 nitrogen and oxygen atoms in total. The van der Waals surface area contributed by atoms with E-state index in [0.29, 0.717) is 17.6 Å². The molecule has 0 unspecified atom stereocenters. The monoisotopic (exact) mass is 644 g/mol. The van der Waals surface area contributed by atoms with Gasteiger partial charge in [-0.2, -0.15) is 0 Å². The maximum Gasteiger partial charge on any atom is 0.325 e. The van der Waals surface area contributed by atoms with Gasteiger partial charge in [0.25, 0.3) is 11.0 Å². The smallest absolute Gasteiger partial charge is 0.325 e. The molecule has 0 bridgehead atoms. The van der Waals surface area contributed by atoms with Gasteiger partial charge in [0, 0.05) is 22.3 Å². The first kappa shape index (κ1) is 33.4. The molecule has 0 radical (unpaired) electrons. The fourth-order valence-corrected chi connectivity index (χ4v) is 8.40. The van der Waals surface area contributed by atoms with Crippen LogP contribution in [0.3, 0.4) is 0 Å². The van der Waals surface area contributed by atoms with Crippen molar-refractivity contribution in [2.24, 2.45) is 22.7 Å². The second-order valence-electron chi connectivity index (χ2n) is 13.1. The van der Waals surface area contributed by atoms with Crippen LogP contribution in [0.1, 0.15) is 55.5 Å². The Labute approximate surface area is 263 Å². The third-order valence-corrected chi connectivity index (χ3v) is 10.8. The maximum absolute atomic E-state index is 17.2. The van der Waals surface area contributed by atoms with Crippen LogP contribution in [0.15, 0.2) is 48.1 Å². The Morgan fingerprint density at radius 1 is 1.17 bits per heavy atom. The molecule has 0 heterocycles. The third kappa shape index (κ3) is 5.21. The Hall–Kier alpha value is -4.01. The number of allylic oxidation sites excluding steroid dienone is 4. The van der Waals surface area contributed by atoms with Crippen molar-refractivity contribution in [3.63, 3.8) is 0 Å². The number of hydrogen-bond acceptors (Lipinski definition) is 11. The summed E-state index contributed by atoms with van der Waals surface area (Å²) in [5.41, 5.74) is -6.12. The molecule has 1 aromatic carbocycles. The molecule has 3 saturated carbocycles. The van der Waals surface area contributed by atoms with E-state index in [1.807, 2.05) is 0 Å². The highest BCUT2D eigenvalue weighted by Gasteiger charge is 2.76. The number of aliphatic hydroxyl groups excluding tert-OH is 2. The van der Waals surface area contributed by atoms with Crippen molar-refractivity contribution in [3.05, 3.63) is 69.3 Å². The number of esters is 1. The molecule has 4 N–H and O–H groups in total. The number of halogens is 1. The van der Waals surface area contributed by atoms with Crippen LogP contribution in [0.5, 0.6) is 0 Å². The molecule has 0 aromatic heterocycles. The van der Waals surface area contributed by atoms with E-state index >= 15 is 4.39 Å². The first-order valence-electron chi connectivity index (χ1n) is 15.1. The van der Waals surface area contributed by atoms with Gasteiger partial charge < -0.3 is 30.2 Å². The molecule has 14 heteroatoms. The summed E-state index contributed by atoms with van der Waals surface area (Å²) in [6.07, 6.45) is 1.17. The fourth-order valence-electron chi connectivity index (χ4n) is 8.40. The van der Waals surface area contributed by atoms with Crippen molar-refractivity contribution in [2.75, 3.05) is 19.8 Å². The van der Waals surface area contributed by atoms with Gasteiger partial charge in [0.1, 0.15) is 13.2 Å². The second kappa shape index (κ2) is 12.0. The molecule has 5 rings (SSSR count). The molecular weight excluding hydrogens is 607 g/mol. The van der Waals surface area contributed by atoms with Gasteiger partial charge in [0.2, 0.25) is 5.78 Å². The number of carbonyl (C=O) groups excluding carboxylic acids is 4. The summed E-state index contributed by atoms with van der Waals surface area (Å²) in [5, 5.41) is 46.0. The first-order valence-corrected chi connectivity index (χ1v) is 15.1. The van der Waals surface area contributed by atoms with Crippen molar-refractivity contribution >= 4 is 23.4 Å². The second-order valence-corrected chi connectivity index (χ2v) is 13.1. The van der Waals surface area contributed by atoms with E-state index in [1.54, 1.807) is 19.1 Å². The number of nitrogens with one attached hydrogen (secondary N) is 1. The summed E-state index contributed by atoms with van der Waals surface area (Å²) in [5.74, 6) is -4.50. The third-order valence-electron chi connectivity index (χ3n) is 10.8. The average Bonchev–Trinajstić information content (AvgIpc) is 3.21. The molecule has 4 aliphatic rings. The van der Waals surface area contributed by atoms with Crippen LogP contribution in [0.4, 0.5) is 4.39 Å². The lowest BCUT2D eigenvalue weighted by Crippen LogP contribution is -2.69. The number of ketones is 2. The summed E-state index contributed by atoms with van der Waals surface area (Å²) in [7, 11) is 0. The molecule has 1 amide bonds. The van der Waals surface area contributed by atoms with Crippen LogP contribution in [-0.4, -0.2) is 87.1 Å². The van der Waals surface area contributed by atoms with Gasteiger partial charge in [-0.25, -0.2) is 4.39 Å². The molecule has 248 valence electrons. The number of amides is 1. The lowest BCUT2D eigenvalue weighted by molar-refractivity contribution is -0.757. The Balaban J connectivity index is 1.23. The minimum Gasteiger partial charge on any atom is -0.456 e. The number of hydrogen-bond donors (Lipinski definition) is 4. The van der Waals surface area contributed by atoms with Gasteiger partial charge in [-0.15, -0.1) is 10.1 Å². The number of ether oxygens (including phenoxy) is 1. The van der Waals surface area contributed by atoms with E-state index in [4.69, 9.17) is 4.74 Å². The van der Waals surface area contributed by atoms with Crippen molar-refractivity contribution in [3.8, 4) is 0 Å². The highest BCUT2D eigenvalue weighted by molar-refractivity contribution is 6.01. The largest absolute Gasteiger partial charge is 0.456 e. The summed E-state index contributed by atoms with van der Waals surface area (Å²) < 4.78 is 22.3. The standard InChI is InChI=1S/C32H37FN2O11/c1-29-10-8-21(36)13-20(29)6-7-22-23-14-24(37)32(42,30(23,2)15-25(38)31(22,29)33)26(39)17-45-27(40)16-34-28(41)19-5-3-4-18(12-19)9-11-46-35(43)44/h3-5,8,10,12-13,22-25,37-38,42H,6-7,9,11,14-17H2,1-2H3,(H,34,41)/t22-,23-,24+,25-,29-,30-,31-,32-/m0/s1. The van der Waals surface area contributed by atoms with Crippen LogP contribution in [0.25, 0.3) is 0 Å². The van der Waals surface area contributed by atoms with Gasteiger partial charge >= 0.3 is 5.97 Å². The zero-order valence-electron chi connectivity index (χ0n) is 25.4. The molecule has 46 heavy (non-hydrogen) atoms. The van der Waals surface area contributed by atoms with E-state index in [-0.39, 0.29) is 43.6 Å². The van der Waals surface area contributed by atoms with Gasteiger partial charge in [-0.1, -0.05) is 30.7 Å². The molecule has 4 aliphatic carbocycles. The number of rotatable bonds is 10. The topological polar surface area (TPSA) is 203 Å². The molecule has 3 fully saturated rings. The number of benzene rings is 1. The lowest BCUT2D eigenvalue weighted by atomic mass is 9.44. The minimum atomic E-state index is -2.46. The van der Waals surface area contributed by atoms with Gasteiger partial charge in [-0.3, -0.25) is 19.2 Å². The SMILES string of the molecule is C[C@]12C=CC(=O)C=C1CC[C@H]1[C@@H]3C[C@@H](O)[C@](O)(C(=O)COC(=O)CNC(=O)c4cccc(CCO[N+](=O)[O-])c4)[C@@]3(C)C[C@H](O)[C@@]12F. The molecule has 0 spiro atoms. The number of carbonyl (C=O) groups is 4. The minimum absolute atomic E-state index is 0.124. The van der Waals surface area contributed by atoms with Crippen LogP contribution in [0.2, 0.25) is 0 Å². The van der Waals surface area contributed by atoms with Gasteiger partial charge in [0.15, 0.2) is 23.7 Å². The Kier molecular flexibility index (Phi) is 8.68. The van der Waals surface area contributed by atoms with E-state index in [9.17, 15) is 44.6 Å². The number of fused-ring (bicyclic) bond motifs is 5. The first-order chi connectivity index (χ1) is 21.6. The Morgan fingerprint density at radius 2 is 1.91 bits per heavy atom. The van der Waals surface area contributed by atoms with Gasteiger partial charge in [0.05, 0.1) is 12.2 Å².